The lowest BCUT2D eigenvalue weighted by atomic mass is 10.1. The Kier molecular flexibility index (Phi) is 8.43. The SMILES string of the molecule is Cc1ccc(S(=O)(=O)Nc2ccccc2C(=O)Nc2ccc(CCCCCC(=O)O)cc2)cc1. The van der Waals surface area contributed by atoms with Crippen LogP contribution in [0.3, 0.4) is 0 Å². The predicted molar refractivity (Wildman–Crippen MR) is 133 cm³/mol. The van der Waals surface area contributed by atoms with Gasteiger partial charge in [-0.05, 0) is 68.1 Å². The van der Waals surface area contributed by atoms with E-state index >= 15 is 0 Å². The Balaban J connectivity index is 1.63. The molecule has 0 aliphatic heterocycles. The van der Waals surface area contributed by atoms with Crippen LogP contribution in [0.4, 0.5) is 11.4 Å². The van der Waals surface area contributed by atoms with Gasteiger partial charge in [-0.15, -0.1) is 0 Å². The van der Waals surface area contributed by atoms with Crippen molar-refractivity contribution in [3.63, 3.8) is 0 Å². The third kappa shape index (κ3) is 7.18. The molecule has 3 aromatic rings. The lowest BCUT2D eigenvalue weighted by molar-refractivity contribution is -0.137. The van der Waals surface area contributed by atoms with Gasteiger partial charge in [0, 0.05) is 12.1 Å². The second-order valence-electron chi connectivity index (χ2n) is 8.07. The van der Waals surface area contributed by atoms with E-state index in [-0.39, 0.29) is 22.6 Å². The predicted octanol–water partition coefficient (Wildman–Crippen LogP) is 5.24. The fourth-order valence-corrected chi connectivity index (χ4v) is 4.51. The number of rotatable bonds is 11. The van der Waals surface area contributed by atoms with E-state index in [0.717, 1.165) is 30.4 Å². The first-order chi connectivity index (χ1) is 16.2. The molecule has 0 unspecified atom stereocenters. The van der Waals surface area contributed by atoms with Crippen LogP contribution in [-0.4, -0.2) is 25.4 Å². The molecule has 0 aromatic heterocycles. The fraction of sp³-hybridized carbons (Fsp3) is 0.231. The molecule has 7 nitrogen and oxygen atoms in total. The molecule has 0 saturated carbocycles. The van der Waals surface area contributed by atoms with E-state index in [4.69, 9.17) is 5.11 Å². The van der Waals surface area contributed by atoms with Crippen molar-refractivity contribution >= 4 is 33.3 Å². The van der Waals surface area contributed by atoms with Crippen LogP contribution in [0.1, 0.15) is 47.2 Å². The standard InChI is InChI=1S/C26H28N2O5S/c1-19-11-17-22(18-12-19)34(32,33)28-24-9-6-5-8-23(24)26(31)27-21-15-13-20(14-16-21)7-3-2-4-10-25(29)30/h5-6,8-9,11-18,28H,2-4,7,10H2,1H3,(H,27,31)(H,29,30). The number of para-hydroxylation sites is 1. The van der Waals surface area contributed by atoms with Crippen molar-refractivity contribution in [3.8, 4) is 0 Å². The Hall–Kier alpha value is -3.65. The zero-order valence-electron chi connectivity index (χ0n) is 19.0. The minimum atomic E-state index is -3.85. The highest BCUT2D eigenvalue weighted by molar-refractivity contribution is 7.92. The van der Waals surface area contributed by atoms with Gasteiger partial charge in [0.05, 0.1) is 16.1 Å². The van der Waals surface area contributed by atoms with Gasteiger partial charge in [0.2, 0.25) is 0 Å². The highest BCUT2D eigenvalue weighted by atomic mass is 32.2. The number of carboxylic acid groups (broad SMARTS) is 1. The summed E-state index contributed by atoms with van der Waals surface area (Å²) in [5, 5.41) is 11.5. The summed E-state index contributed by atoms with van der Waals surface area (Å²) in [5.41, 5.74) is 3.04. The van der Waals surface area contributed by atoms with Crippen LogP contribution in [0.2, 0.25) is 0 Å². The molecule has 3 N–H and O–H groups in total. The maximum absolute atomic E-state index is 12.9. The molecule has 0 fully saturated rings. The molecule has 0 aliphatic carbocycles. The van der Waals surface area contributed by atoms with Gasteiger partial charge in [-0.25, -0.2) is 8.42 Å². The number of nitrogens with one attached hydrogen (secondary N) is 2. The van der Waals surface area contributed by atoms with Crippen LogP contribution in [-0.2, 0) is 21.2 Å². The average molecular weight is 481 g/mol. The summed E-state index contributed by atoms with van der Waals surface area (Å²) in [7, 11) is -3.85. The van der Waals surface area contributed by atoms with Crippen LogP contribution in [0.15, 0.2) is 77.7 Å². The van der Waals surface area contributed by atoms with Crippen molar-refractivity contribution in [2.24, 2.45) is 0 Å². The van der Waals surface area contributed by atoms with Gasteiger partial charge < -0.3 is 10.4 Å². The summed E-state index contributed by atoms with van der Waals surface area (Å²) in [4.78, 5) is 23.6. The van der Waals surface area contributed by atoms with Gasteiger partial charge in [-0.3, -0.25) is 14.3 Å². The first-order valence-corrected chi connectivity index (χ1v) is 12.5. The number of hydrogen-bond acceptors (Lipinski definition) is 4. The van der Waals surface area contributed by atoms with Crippen molar-refractivity contribution in [1.82, 2.24) is 0 Å². The van der Waals surface area contributed by atoms with Crippen molar-refractivity contribution in [2.75, 3.05) is 10.0 Å². The highest BCUT2D eigenvalue weighted by Crippen LogP contribution is 2.22. The zero-order chi connectivity index (χ0) is 24.6. The Morgan fingerprint density at radius 2 is 1.53 bits per heavy atom. The summed E-state index contributed by atoms with van der Waals surface area (Å²) in [5.74, 6) is -1.20. The topological polar surface area (TPSA) is 113 Å². The van der Waals surface area contributed by atoms with Crippen molar-refractivity contribution in [2.45, 2.75) is 43.9 Å². The smallest absolute Gasteiger partial charge is 0.303 e. The lowest BCUT2D eigenvalue weighted by Crippen LogP contribution is -2.18. The molecule has 0 saturated heterocycles. The number of carboxylic acids is 1. The van der Waals surface area contributed by atoms with E-state index in [0.29, 0.717) is 12.1 Å². The van der Waals surface area contributed by atoms with E-state index < -0.39 is 21.9 Å². The number of sulfonamides is 1. The van der Waals surface area contributed by atoms with Gasteiger partial charge in [0.25, 0.3) is 15.9 Å². The zero-order valence-corrected chi connectivity index (χ0v) is 19.8. The maximum atomic E-state index is 12.9. The Morgan fingerprint density at radius 3 is 2.21 bits per heavy atom. The maximum Gasteiger partial charge on any atom is 0.303 e. The number of amides is 1. The Bertz CT molecular complexity index is 1240. The Morgan fingerprint density at radius 1 is 0.853 bits per heavy atom. The molecule has 0 radical (unpaired) electrons. The van der Waals surface area contributed by atoms with Crippen LogP contribution < -0.4 is 10.0 Å². The van der Waals surface area contributed by atoms with E-state index in [2.05, 4.69) is 10.0 Å². The summed E-state index contributed by atoms with van der Waals surface area (Å²) in [6.07, 6.45) is 3.43. The molecule has 3 rings (SSSR count). The number of carbonyl (C=O) groups is 2. The summed E-state index contributed by atoms with van der Waals surface area (Å²) < 4.78 is 28.1. The minimum absolute atomic E-state index is 0.117. The number of benzene rings is 3. The van der Waals surface area contributed by atoms with Gasteiger partial charge in [0.1, 0.15) is 0 Å². The van der Waals surface area contributed by atoms with E-state index in [1.165, 1.54) is 12.1 Å². The number of aryl methyl sites for hydroxylation is 2. The van der Waals surface area contributed by atoms with Crippen molar-refractivity contribution < 1.29 is 23.1 Å². The van der Waals surface area contributed by atoms with Crippen LogP contribution in [0.5, 0.6) is 0 Å². The van der Waals surface area contributed by atoms with Crippen molar-refractivity contribution in [3.05, 3.63) is 89.5 Å². The second kappa shape index (κ2) is 11.5. The average Bonchev–Trinajstić information content (AvgIpc) is 2.80. The summed E-state index contributed by atoms with van der Waals surface area (Å²) in [6.45, 7) is 1.87. The van der Waals surface area contributed by atoms with E-state index in [1.807, 2.05) is 19.1 Å². The van der Waals surface area contributed by atoms with Gasteiger partial charge in [-0.2, -0.15) is 0 Å². The molecule has 0 aliphatic rings. The van der Waals surface area contributed by atoms with E-state index in [1.54, 1.807) is 48.5 Å². The first kappa shape index (κ1) is 25.0. The van der Waals surface area contributed by atoms with E-state index in [9.17, 15) is 18.0 Å². The number of unbranched alkanes of at least 4 members (excludes halogenated alkanes) is 2. The number of carbonyl (C=O) groups excluding carboxylic acids is 1. The molecule has 0 spiro atoms. The molecule has 178 valence electrons. The third-order valence-corrected chi connectivity index (χ3v) is 6.70. The highest BCUT2D eigenvalue weighted by Gasteiger charge is 2.18. The Labute approximate surface area is 199 Å². The van der Waals surface area contributed by atoms with Crippen LogP contribution >= 0.6 is 0 Å². The molecule has 0 heterocycles. The lowest BCUT2D eigenvalue weighted by Gasteiger charge is -2.13. The number of hydrogen-bond donors (Lipinski definition) is 3. The van der Waals surface area contributed by atoms with Gasteiger partial charge in [0.15, 0.2) is 0 Å². The minimum Gasteiger partial charge on any atom is -0.481 e. The van der Waals surface area contributed by atoms with Gasteiger partial charge >= 0.3 is 5.97 Å². The van der Waals surface area contributed by atoms with Crippen LogP contribution in [0.25, 0.3) is 0 Å². The van der Waals surface area contributed by atoms with Crippen LogP contribution in [0, 0.1) is 6.92 Å². The normalized spacial score (nSPS) is 11.1. The molecule has 1 amide bonds. The fourth-order valence-electron chi connectivity index (χ4n) is 3.43. The quantitative estimate of drug-likeness (QED) is 0.325. The van der Waals surface area contributed by atoms with Gasteiger partial charge in [-0.1, -0.05) is 48.4 Å². The summed E-state index contributed by atoms with van der Waals surface area (Å²) in [6, 6.07) is 20.3. The largest absolute Gasteiger partial charge is 0.481 e. The molecule has 3 aromatic carbocycles. The molecule has 0 bridgehead atoms. The molecule has 34 heavy (non-hydrogen) atoms. The molecular formula is C26H28N2O5S. The number of aliphatic carboxylic acids is 1. The first-order valence-electron chi connectivity index (χ1n) is 11.1. The number of anilines is 2. The second-order valence-corrected chi connectivity index (χ2v) is 9.75. The monoisotopic (exact) mass is 480 g/mol. The summed E-state index contributed by atoms with van der Waals surface area (Å²) >= 11 is 0. The third-order valence-electron chi connectivity index (χ3n) is 5.32. The van der Waals surface area contributed by atoms with Crippen molar-refractivity contribution in [1.29, 1.82) is 0 Å². The molecular weight excluding hydrogens is 452 g/mol. The molecule has 8 heteroatoms. The molecule has 0 atom stereocenters.